The molecule has 0 unspecified atom stereocenters. The lowest BCUT2D eigenvalue weighted by Crippen LogP contribution is -2.67. The van der Waals surface area contributed by atoms with Crippen molar-refractivity contribution in [1.29, 1.82) is 0 Å². The molecule has 45 heavy (non-hydrogen) atoms. The van der Waals surface area contributed by atoms with Crippen LogP contribution in [0.2, 0.25) is 0 Å². The molecular formula is C36H62O9. The topological polar surface area (TPSA) is 149 Å². The van der Waals surface area contributed by atoms with Crippen LogP contribution in [-0.4, -0.2) is 97.5 Å². The molecular weight excluding hydrogens is 576 g/mol. The van der Waals surface area contributed by atoms with Crippen LogP contribution < -0.4 is 0 Å². The van der Waals surface area contributed by atoms with Gasteiger partial charge in [0.15, 0.2) is 6.29 Å². The molecule has 0 aromatic heterocycles. The van der Waals surface area contributed by atoms with Crippen molar-refractivity contribution in [2.75, 3.05) is 6.61 Å². The maximum atomic E-state index is 11.1. The number of ether oxygens (including phenoxy) is 3. The Bertz CT molecular complexity index is 1110. The molecule has 6 rings (SSSR count). The summed E-state index contributed by atoms with van der Waals surface area (Å²) < 4.78 is 19.7. The number of aliphatic hydroxyl groups excluding tert-OH is 5. The van der Waals surface area contributed by atoms with Crippen LogP contribution in [0, 0.1) is 45.3 Å². The molecule has 9 nitrogen and oxygen atoms in total. The molecule has 2 aliphatic heterocycles. The van der Waals surface area contributed by atoms with Gasteiger partial charge in [-0.05, 0) is 124 Å². The predicted molar refractivity (Wildman–Crippen MR) is 168 cm³/mol. The van der Waals surface area contributed by atoms with E-state index in [0.717, 1.165) is 57.8 Å². The Labute approximate surface area is 270 Å². The van der Waals surface area contributed by atoms with Crippen LogP contribution >= 0.6 is 0 Å². The summed E-state index contributed by atoms with van der Waals surface area (Å²) >= 11 is 0. The molecule has 0 radical (unpaired) electrons. The SMILES string of the molecule is CC(C)(O)[C@H]1CC[C@@](C)([C@H]2CC[C@]3(C)[C@@H]2[C@H](O[C@@H]2O[C@H](CO)[C@@H](O)[C@H](O)[C@H]2O)C[C@@H]2[C@@]4(C)CC[C@H](O)C(C)(C)[C@@H]4CC[C@]23C)O1. The molecule has 0 bridgehead atoms. The second-order valence-electron chi connectivity index (χ2n) is 18.3. The zero-order valence-electron chi connectivity index (χ0n) is 28.9. The summed E-state index contributed by atoms with van der Waals surface area (Å²) in [6.45, 7) is 17.2. The van der Waals surface area contributed by atoms with Gasteiger partial charge < -0.3 is 44.8 Å². The lowest BCUT2D eigenvalue weighted by Gasteiger charge is -2.71. The average molecular weight is 639 g/mol. The van der Waals surface area contributed by atoms with E-state index in [1.807, 2.05) is 13.8 Å². The van der Waals surface area contributed by atoms with Crippen molar-refractivity contribution in [3.8, 4) is 0 Å². The first-order valence-corrected chi connectivity index (χ1v) is 17.8. The Morgan fingerprint density at radius 1 is 0.778 bits per heavy atom. The van der Waals surface area contributed by atoms with Crippen LogP contribution in [0.5, 0.6) is 0 Å². The smallest absolute Gasteiger partial charge is 0.186 e. The molecule has 0 aromatic carbocycles. The molecule has 0 aromatic rings. The van der Waals surface area contributed by atoms with Crippen LogP contribution in [0.4, 0.5) is 0 Å². The minimum Gasteiger partial charge on any atom is -0.394 e. The van der Waals surface area contributed by atoms with Crippen molar-refractivity contribution in [3.63, 3.8) is 0 Å². The summed E-state index contributed by atoms with van der Waals surface area (Å²) in [6, 6.07) is 0. The summed E-state index contributed by atoms with van der Waals surface area (Å²) in [5, 5.41) is 64.2. The van der Waals surface area contributed by atoms with Crippen LogP contribution in [0.3, 0.4) is 0 Å². The second-order valence-corrected chi connectivity index (χ2v) is 18.3. The number of rotatable bonds is 5. The highest BCUT2D eigenvalue weighted by atomic mass is 16.7. The van der Waals surface area contributed by atoms with Gasteiger partial charge in [0.2, 0.25) is 0 Å². The van der Waals surface area contributed by atoms with Crippen LogP contribution in [0.25, 0.3) is 0 Å². The fourth-order valence-corrected chi connectivity index (χ4v) is 12.5. The first kappa shape index (κ1) is 34.5. The van der Waals surface area contributed by atoms with Gasteiger partial charge in [-0.1, -0.05) is 34.6 Å². The normalized spacial score (nSPS) is 56.4. The summed E-state index contributed by atoms with van der Waals surface area (Å²) in [4.78, 5) is 0. The molecule has 6 N–H and O–H groups in total. The zero-order valence-corrected chi connectivity index (χ0v) is 28.9. The monoisotopic (exact) mass is 638 g/mol. The van der Waals surface area contributed by atoms with Gasteiger partial charge in [-0.2, -0.15) is 0 Å². The van der Waals surface area contributed by atoms with Crippen molar-refractivity contribution in [2.45, 2.75) is 173 Å². The maximum absolute atomic E-state index is 11.1. The lowest BCUT2D eigenvalue weighted by molar-refractivity contribution is -0.335. The molecule has 260 valence electrons. The fraction of sp³-hybridized carbons (Fsp3) is 1.00. The first-order chi connectivity index (χ1) is 20.7. The van der Waals surface area contributed by atoms with Gasteiger partial charge in [0, 0.05) is 0 Å². The van der Waals surface area contributed by atoms with E-state index >= 15 is 0 Å². The molecule has 2 heterocycles. The highest BCUT2D eigenvalue weighted by Gasteiger charge is 2.72. The van der Waals surface area contributed by atoms with Crippen molar-refractivity contribution in [3.05, 3.63) is 0 Å². The molecule has 6 fully saturated rings. The lowest BCUT2D eigenvalue weighted by atomic mass is 9.35. The van der Waals surface area contributed by atoms with Crippen molar-refractivity contribution in [1.82, 2.24) is 0 Å². The largest absolute Gasteiger partial charge is 0.394 e. The Kier molecular flexibility index (Phi) is 8.49. The molecule has 0 spiro atoms. The molecule has 6 aliphatic rings. The molecule has 4 saturated carbocycles. The molecule has 4 aliphatic carbocycles. The van der Waals surface area contributed by atoms with E-state index in [1.54, 1.807) is 0 Å². The standard InChI is InChI=1S/C36H62O9/c1-31(2)22-10-15-34(6)23(33(22,5)13-11-24(31)38)17-20(43-30-29(41)28(40)27(39)21(18-37)44-30)26-19(9-14-35(26,34)7)36(8)16-12-25(45-36)32(3,4)42/h19-30,37-42H,9-18H2,1-8H3/t19-,20+,21+,22-,23+,24-,25+,26-,27+,28-,29+,30+,33-,34+,35+,36-/m0/s1. The van der Waals surface area contributed by atoms with Gasteiger partial charge in [0.25, 0.3) is 0 Å². The van der Waals surface area contributed by atoms with Crippen LogP contribution in [0.15, 0.2) is 0 Å². The van der Waals surface area contributed by atoms with Gasteiger partial charge in [-0.15, -0.1) is 0 Å². The Morgan fingerprint density at radius 2 is 1.44 bits per heavy atom. The van der Waals surface area contributed by atoms with Crippen molar-refractivity contribution >= 4 is 0 Å². The highest BCUT2D eigenvalue weighted by Crippen LogP contribution is 2.76. The summed E-state index contributed by atoms with van der Waals surface area (Å²) in [5.41, 5.74) is -1.72. The second kappa shape index (κ2) is 11.1. The summed E-state index contributed by atoms with van der Waals surface area (Å²) in [7, 11) is 0. The third-order valence-electron chi connectivity index (χ3n) is 15.4. The molecule has 0 amide bonds. The van der Waals surface area contributed by atoms with E-state index in [2.05, 4.69) is 41.5 Å². The first-order valence-electron chi connectivity index (χ1n) is 17.8. The van der Waals surface area contributed by atoms with Crippen molar-refractivity contribution in [2.24, 2.45) is 45.3 Å². The van der Waals surface area contributed by atoms with Gasteiger partial charge in [0.05, 0.1) is 36.1 Å². The number of fused-ring (bicyclic) bond motifs is 5. The number of hydrogen-bond acceptors (Lipinski definition) is 9. The third-order valence-corrected chi connectivity index (χ3v) is 15.4. The molecule has 9 heteroatoms. The van der Waals surface area contributed by atoms with Gasteiger partial charge >= 0.3 is 0 Å². The minimum absolute atomic E-state index is 0.00982. The molecule has 2 saturated heterocycles. The Hall–Kier alpha value is -0.360. The van der Waals surface area contributed by atoms with E-state index in [0.29, 0.717) is 11.8 Å². The number of hydrogen-bond donors (Lipinski definition) is 6. The summed E-state index contributed by atoms with van der Waals surface area (Å²) in [6.07, 6.45) is 0.717. The van der Waals surface area contributed by atoms with Crippen molar-refractivity contribution < 1.29 is 44.8 Å². The van der Waals surface area contributed by atoms with Crippen LogP contribution in [0.1, 0.15) is 113 Å². The van der Waals surface area contributed by atoms with E-state index in [-0.39, 0.29) is 51.8 Å². The Morgan fingerprint density at radius 3 is 2.07 bits per heavy atom. The predicted octanol–water partition coefficient (Wildman–Crippen LogP) is 3.54. The Balaban J connectivity index is 1.41. The van der Waals surface area contributed by atoms with E-state index in [9.17, 15) is 30.6 Å². The van der Waals surface area contributed by atoms with Crippen LogP contribution in [-0.2, 0) is 14.2 Å². The molecule has 16 atom stereocenters. The van der Waals surface area contributed by atoms with Gasteiger partial charge in [0.1, 0.15) is 24.4 Å². The quantitative estimate of drug-likeness (QED) is 0.249. The maximum Gasteiger partial charge on any atom is 0.186 e. The van der Waals surface area contributed by atoms with E-state index in [1.165, 1.54) is 0 Å². The third kappa shape index (κ3) is 4.95. The van der Waals surface area contributed by atoms with Gasteiger partial charge in [-0.3, -0.25) is 0 Å². The fourth-order valence-electron chi connectivity index (χ4n) is 12.5. The van der Waals surface area contributed by atoms with Gasteiger partial charge in [-0.25, -0.2) is 0 Å². The minimum atomic E-state index is -1.50. The average Bonchev–Trinajstić information content (AvgIpc) is 3.55. The number of aliphatic hydroxyl groups is 6. The highest BCUT2D eigenvalue weighted by molar-refractivity contribution is 5.21. The van der Waals surface area contributed by atoms with E-state index < -0.39 is 48.5 Å². The summed E-state index contributed by atoms with van der Waals surface area (Å²) in [5.74, 6) is 0.879. The van der Waals surface area contributed by atoms with E-state index in [4.69, 9.17) is 14.2 Å². The zero-order chi connectivity index (χ0) is 33.1.